The van der Waals surface area contributed by atoms with E-state index in [0.29, 0.717) is 17.9 Å². The summed E-state index contributed by atoms with van der Waals surface area (Å²) in [5.74, 6) is 1.24. The lowest BCUT2D eigenvalue weighted by molar-refractivity contribution is 0.389. The number of hydrogen-bond donors (Lipinski definition) is 0. The predicted molar refractivity (Wildman–Crippen MR) is 120 cm³/mol. The van der Waals surface area contributed by atoms with Crippen molar-refractivity contribution in [1.29, 1.82) is 0 Å². The Bertz CT molecular complexity index is 869. The molecule has 0 amide bonds. The highest BCUT2D eigenvalue weighted by Crippen LogP contribution is 2.46. The molecular formula is C27H31N. The SMILES string of the molecule is CC(C)C1C(CCCc2ccccc2)c2ccccc2N1Cc1ccccc1. The van der Waals surface area contributed by atoms with E-state index in [2.05, 4.69) is 104 Å². The average molecular weight is 370 g/mol. The lowest BCUT2D eigenvalue weighted by atomic mass is 9.84. The van der Waals surface area contributed by atoms with E-state index in [0.717, 1.165) is 6.54 Å². The first-order chi connectivity index (χ1) is 13.7. The van der Waals surface area contributed by atoms with Crippen LogP contribution in [0, 0.1) is 5.92 Å². The summed E-state index contributed by atoms with van der Waals surface area (Å²) < 4.78 is 0. The van der Waals surface area contributed by atoms with Crippen molar-refractivity contribution in [1.82, 2.24) is 0 Å². The minimum atomic E-state index is 0.563. The maximum atomic E-state index is 2.67. The third-order valence-corrected chi connectivity index (χ3v) is 6.12. The molecule has 1 aliphatic rings. The van der Waals surface area contributed by atoms with Crippen LogP contribution in [0.3, 0.4) is 0 Å². The average Bonchev–Trinajstić information content (AvgIpc) is 3.03. The smallest absolute Gasteiger partial charge is 0.0433 e. The molecule has 0 radical (unpaired) electrons. The number of aryl methyl sites for hydroxylation is 1. The van der Waals surface area contributed by atoms with Crippen molar-refractivity contribution < 1.29 is 0 Å². The molecule has 0 aliphatic carbocycles. The molecule has 144 valence electrons. The van der Waals surface area contributed by atoms with E-state index >= 15 is 0 Å². The summed E-state index contributed by atoms with van der Waals surface area (Å²) in [5, 5.41) is 0. The minimum absolute atomic E-state index is 0.563. The number of rotatable bonds is 7. The van der Waals surface area contributed by atoms with Gasteiger partial charge in [-0.1, -0.05) is 92.7 Å². The molecule has 3 aromatic rings. The van der Waals surface area contributed by atoms with Gasteiger partial charge in [-0.3, -0.25) is 0 Å². The Morgan fingerprint density at radius 3 is 2.04 bits per heavy atom. The lowest BCUT2D eigenvalue weighted by Crippen LogP contribution is -2.38. The summed E-state index contributed by atoms with van der Waals surface area (Å²) in [6, 6.07) is 31.5. The fraction of sp³-hybridized carbons (Fsp3) is 0.333. The number of hydrogen-bond acceptors (Lipinski definition) is 1. The van der Waals surface area contributed by atoms with Gasteiger partial charge in [-0.25, -0.2) is 0 Å². The number of nitrogens with zero attached hydrogens (tertiary/aromatic N) is 1. The van der Waals surface area contributed by atoms with Crippen LogP contribution in [0.4, 0.5) is 5.69 Å². The van der Waals surface area contributed by atoms with Crippen LogP contribution < -0.4 is 4.90 Å². The molecule has 3 aromatic carbocycles. The Hall–Kier alpha value is -2.54. The van der Waals surface area contributed by atoms with Gasteiger partial charge in [-0.05, 0) is 47.9 Å². The third-order valence-electron chi connectivity index (χ3n) is 6.12. The normalized spacial score (nSPS) is 18.5. The van der Waals surface area contributed by atoms with Gasteiger partial charge in [-0.2, -0.15) is 0 Å². The molecule has 1 nitrogen and oxygen atoms in total. The first-order valence-corrected chi connectivity index (χ1v) is 10.7. The van der Waals surface area contributed by atoms with Crippen molar-refractivity contribution in [3.8, 4) is 0 Å². The molecule has 0 bridgehead atoms. The Kier molecular flexibility index (Phi) is 5.81. The lowest BCUT2D eigenvalue weighted by Gasteiger charge is -2.34. The summed E-state index contributed by atoms with van der Waals surface area (Å²) in [6.45, 7) is 5.77. The molecular weight excluding hydrogens is 338 g/mol. The van der Waals surface area contributed by atoms with Gasteiger partial charge in [0.05, 0.1) is 0 Å². The van der Waals surface area contributed by atoms with Crippen LogP contribution in [0.2, 0.25) is 0 Å². The zero-order chi connectivity index (χ0) is 19.3. The van der Waals surface area contributed by atoms with E-state index in [9.17, 15) is 0 Å². The Morgan fingerprint density at radius 2 is 1.36 bits per heavy atom. The van der Waals surface area contributed by atoms with Crippen molar-refractivity contribution in [2.75, 3.05) is 4.90 Å². The summed E-state index contributed by atoms with van der Waals surface area (Å²) in [5.41, 5.74) is 5.84. The topological polar surface area (TPSA) is 3.24 Å². The molecule has 0 spiro atoms. The van der Waals surface area contributed by atoms with Crippen molar-refractivity contribution in [2.45, 2.75) is 51.6 Å². The number of benzene rings is 3. The Morgan fingerprint density at radius 1 is 0.750 bits per heavy atom. The molecule has 2 atom stereocenters. The summed E-state index contributed by atoms with van der Waals surface area (Å²) in [7, 11) is 0. The van der Waals surface area contributed by atoms with Gasteiger partial charge in [0.15, 0.2) is 0 Å². The van der Waals surface area contributed by atoms with Gasteiger partial charge >= 0.3 is 0 Å². The highest BCUT2D eigenvalue weighted by Gasteiger charge is 2.39. The van der Waals surface area contributed by atoms with E-state index in [1.807, 2.05) is 0 Å². The van der Waals surface area contributed by atoms with Crippen molar-refractivity contribution in [3.63, 3.8) is 0 Å². The third kappa shape index (κ3) is 3.99. The molecule has 0 aromatic heterocycles. The quantitative estimate of drug-likeness (QED) is 0.441. The minimum Gasteiger partial charge on any atom is -0.363 e. The zero-order valence-electron chi connectivity index (χ0n) is 17.1. The van der Waals surface area contributed by atoms with Gasteiger partial charge in [0, 0.05) is 24.2 Å². The van der Waals surface area contributed by atoms with Crippen molar-refractivity contribution >= 4 is 5.69 Å². The molecule has 1 heterocycles. The van der Waals surface area contributed by atoms with Crippen LogP contribution in [0.1, 0.15) is 49.3 Å². The van der Waals surface area contributed by atoms with E-state index in [-0.39, 0.29) is 0 Å². The van der Waals surface area contributed by atoms with Crippen LogP contribution in [0.25, 0.3) is 0 Å². The number of anilines is 1. The standard InChI is InChI=1S/C27H31N/c1-21(2)27-25(18-11-16-22-12-5-3-6-13-22)24-17-9-10-19-26(24)28(27)20-23-14-7-4-8-15-23/h3-10,12-15,17,19,21,25,27H,11,16,18,20H2,1-2H3. The van der Waals surface area contributed by atoms with E-state index in [4.69, 9.17) is 0 Å². The highest BCUT2D eigenvalue weighted by atomic mass is 15.2. The second-order valence-corrected chi connectivity index (χ2v) is 8.39. The van der Waals surface area contributed by atoms with Gasteiger partial charge in [-0.15, -0.1) is 0 Å². The van der Waals surface area contributed by atoms with Gasteiger partial charge in [0.25, 0.3) is 0 Å². The van der Waals surface area contributed by atoms with Crippen LogP contribution in [-0.4, -0.2) is 6.04 Å². The van der Waals surface area contributed by atoms with Crippen LogP contribution >= 0.6 is 0 Å². The first kappa shape index (κ1) is 18.8. The fourth-order valence-electron chi connectivity index (χ4n) is 4.92. The van der Waals surface area contributed by atoms with Gasteiger partial charge in [0.1, 0.15) is 0 Å². The van der Waals surface area contributed by atoms with Crippen molar-refractivity contribution in [2.24, 2.45) is 5.92 Å². The zero-order valence-corrected chi connectivity index (χ0v) is 17.1. The van der Waals surface area contributed by atoms with Crippen LogP contribution in [-0.2, 0) is 13.0 Å². The van der Waals surface area contributed by atoms with Crippen LogP contribution in [0.5, 0.6) is 0 Å². The fourth-order valence-corrected chi connectivity index (χ4v) is 4.92. The van der Waals surface area contributed by atoms with E-state index < -0.39 is 0 Å². The maximum absolute atomic E-state index is 2.67. The Balaban J connectivity index is 1.56. The molecule has 0 saturated carbocycles. The number of para-hydroxylation sites is 1. The molecule has 0 fully saturated rings. The highest BCUT2D eigenvalue weighted by molar-refractivity contribution is 5.62. The molecule has 0 N–H and O–H groups in total. The second kappa shape index (κ2) is 8.65. The second-order valence-electron chi connectivity index (χ2n) is 8.39. The van der Waals surface area contributed by atoms with Crippen LogP contribution in [0.15, 0.2) is 84.9 Å². The summed E-state index contributed by atoms with van der Waals surface area (Å²) in [4.78, 5) is 2.67. The molecule has 28 heavy (non-hydrogen) atoms. The van der Waals surface area contributed by atoms with E-state index in [1.54, 1.807) is 5.56 Å². The summed E-state index contributed by atoms with van der Waals surface area (Å²) in [6.07, 6.45) is 3.66. The van der Waals surface area contributed by atoms with Gasteiger partial charge in [0.2, 0.25) is 0 Å². The van der Waals surface area contributed by atoms with Gasteiger partial charge < -0.3 is 4.90 Å². The molecule has 2 unspecified atom stereocenters. The van der Waals surface area contributed by atoms with E-state index in [1.165, 1.54) is 36.1 Å². The molecule has 0 saturated heterocycles. The number of fused-ring (bicyclic) bond motifs is 1. The Labute approximate surface area is 170 Å². The molecule has 4 rings (SSSR count). The van der Waals surface area contributed by atoms with Crippen molar-refractivity contribution in [3.05, 3.63) is 102 Å². The maximum Gasteiger partial charge on any atom is 0.0433 e. The molecule has 1 heteroatoms. The first-order valence-electron chi connectivity index (χ1n) is 10.7. The molecule has 1 aliphatic heterocycles. The summed E-state index contributed by atoms with van der Waals surface area (Å²) >= 11 is 0. The predicted octanol–water partition coefficient (Wildman–Crippen LogP) is 6.84. The monoisotopic (exact) mass is 369 g/mol. The largest absolute Gasteiger partial charge is 0.363 e.